The molecule has 3 atom stereocenters. The minimum atomic E-state index is 0.851. The summed E-state index contributed by atoms with van der Waals surface area (Å²) in [7, 11) is 2.29. The fourth-order valence-corrected chi connectivity index (χ4v) is 3.12. The molecule has 0 aliphatic carbocycles. The van der Waals surface area contributed by atoms with Crippen LogP contribution in [-0.4, -0.2) is 24.5 Å². The van der Waals surface area contributed by atoms with E-state index in [2.05, 4.69) is 32.7 Å². The second-order valence-electron chi connectivity index (χ2n) is 4.49. The summed E-state index contributed by atoms with van der Waals surface area (Å²) in [5.41, 5.74) is 0. The van der Waals surface area contributed by atoms with Crippen LogP contribution >= 0.6 is 0 Å². The third kappa shape index (κ3) is 2.25. The second kappa shape index (κ2) is 4.99. The van der Waals surface area contributed by atoms with Crippen molar-refractivity contribution in [1.82, 2.24) is 4.90 Å². The van der Waals surface area contributed by atoms with Gasteiger partial charge in [-0.15, -0.1) is 0 Å². The van der Waals surface area contributed by atoms with Gasteiger partial charge in [0.05, 0.1) is 0 Å². The van der Waals surface area contributed by atoms with Crippen molar-refractivity contribution in [1.29, 1.82) is 0 Å². The molecular formula is C12H25N. The van der Waals surface area contributed by atoms with Crippen molar-refractivity contribution in [2.75, 3.05) is 13.6 Å². The van der Waals surface area contributed by atoms with E-state index in [1.54, 1.807) is 0 Å². The highest BCUT2D eigenvalue weighted by molar-refractivity contribution is 4.85. The Balaban J connectivity index is 2.64. The zero-order valence-electron chi connectivity index (χ0n) is 9.71. The van der Waals surface area contributed by atoms with Gasteiger partial charge in [-0.2, -0.15) is 0 Å². The quantitative estimate of drug-likeness (QED) is 0.649. The molecule has 0 amide bonds. The summed E-state index contributed by atoms with van der Waals surface area (Å²) in [5, 5.41) is 0. The Kier molecular flexibility index (Phi) is 4.24. The number of rotatable bonds is 3. The third-order valence-corrected chi connectivity index (χ3v) is 3.93. The van der Waals surface area contributed by atoms with Crippen LogP contribution in [0.2, 0.25) is 0 Å². The van der Waals surface area contributed by atoms with Crippen LogP contribution in [0.15, 0.2) is 0 Å². The maximum Gasteiger partial charge on any atom is 0.0120 e. The van der Waals surface area contributed by atoms with Crippen LogP contribution < -0.4 is 0 Å². The van der Waals surface area contributed by atoms with E-state index in [1.807, 2.05) is 0 Å². The zero-order valence-corrected chi connectivity index (χ0v) is 9.71. The molecule has 1 heterocycles. The first-order chi connectivity index (χ1) is 6.24. The highest BCUT2D eigenvalue weighted by Gasteiger charge is 2.32. The van der Waals surface area contributed by atoms with Crippen molar-refractivity contribution in [3.05, 3.63) is 0 Å². The summed E-state index contributed by atoms with van der Waals surface area (Å²) in [6.45, 7) is 8.36. The number of piperidine rings is 1. The molecule has 1 nitrogen and oxygen atoms in total. The Labute approximate surface area is 83.5 Å². The van der Waals surface area contributed by atoms with Gasteiger partial charge in [-0.1, -0.05) is 33.6 Å². The monoisotopic (exact) mass is 183 g/mol. The SMILES string of the molecule is CCC1CCN(C)C(CC)C1CC. The van der Waals surface area contributed by atoms with Crippen LogP contribution in [0.1, 0.15) is 46.5 Å². The average molecular weight is 183 g/mol. The van der Waals surface area contributed by atoms with Gasteiger partial charge >= 0.3 is 0 Å². The van der Waals surface area contributed by atoms with Gasteiger partial charge in [0.15, 0.2) is 0 Å². The maximum atomic E-state index is 2.57. The standard InChI is InChI=1S/C12H25N/c1-5-10-8-9-13(4)12(7-3)11(10)6-2/h10-12H,5-9H2,1-4H3. The van der Waals surface area contributed by atoms with Gasteiger partial charge in [0.2, 0.25) is 0 Å². The van der Waals surface area contributed by atoms with E-state index in [1.165, 1.54) is 32.2 Å². The van der Waals surface area contributed by atoms with Crippen molar-refractivity contribution in [2.45, 2.75) is 52.5 Å². The van der Waals surface area contributed by atoms with E-state index >= 15 is 0 Å². The van der Waals surface area contributed by atoms with Gasteiger partial charge in [-0.25, -0.2) is 0 Å². The minimum absolute atomic E-state index is 0.851. The van der Waals surface area contributed by atoms with E-state index in [-0.39, 0.29) is 0 Å². The van der Waals surface area contributed by atoms with Gasteiger partial charge < -0.3 is 4.90 Å². The number of hydrogen-bond acceptors (Lipinski definition) is 1. The topological polar surface area (TPSA) is 3.24 Å². The molecule has 78 valence electrons. The van der Waals surface area contributed by atoms with Gasteiger partial charge in [0.25, 0.3) is 0 Å². The first-order valence-electron chi connectivity index (χ1n) is 5.94. The van der Waals surface area contributed by atoms with E-state index in [0.29, 0.717) is 0 Å². The molecule has 3 unspecified atom stereocenters. The molecule has 0 aromatic rings. The summed E-state index contributed by atoms with van der Waals surface area (Å²) < 4.78 is 0. The van der Waals surface area contributed by atoms with E-state index in [4.69, 9.17) is 0 Å². The summed E-state index contributed by atoms with van der Waals surface area (Å²) in [6, 6.07) is 0.851. The highest BCUT2D eigenvalue weighted by atomic mass is 15.1. The Hall–Kier alpha value is -0.0400. The molecule has 0 spiro atoms. The van der Waals surface area contributed by atoms with Crippen LogP contribution in [0.5, 0.6) is 0 Å². The molecule has 1 saturated heterocycles. The molecule has 1 heteroatoms. The summed E-state index contributed by atoms with van der Waals surface area (Å²) >= 11 is 0. The third-order valence-electron chi connectivity index (χ3n) is 3.93. The van der Waals surface area contributed by atoms with Crippen molar-refractivity contribution in [3.63, 3.8) is 0 Å². The van der Waals surface area contributed by atoms with Crippen LogP contribution in [0.3, 0.4) is 0 Å². The smallest absolute Gasteiger partial charge is 0.0120 e. The van der Waals surface area contributed by atoms with Crippen molar-refractivity contribution >= 4 is 0 Å². The Bertz CT molecular complexity index is 144. The fraction of sp³-hybridized carbons (Fsp3) is 1.00. The van der Waals surface area contributed by atoms with E-state index in [9.17, 15) is 0 Å². The van der Waals surface area contributed by atoms with Crippen LogP contribution in [0.25, 0.3) is 0 Å². The van der Waals surface area contributed by atoms with Gasteiger partial charge in [-0.3, -0.25) is 0 Å². The lowest BCUT2D eigenvalue weighted by Gasteiger charge is -2.43. The molecular weight excluding hydrogens is 158 g/mol. The molecule has 1 aliphatic heterocycles. The first-order valence-corrected chi connectivity index (χ1v) is 5.94. The average Bonchev–Trinajstić information content (AvgIpc) is 2.17. The van der Waals surface area contributed by atoms with E-state index < -0.39 is 0 Å². The predicted molar refractivity (Wildman–Crippen MR) is 58.9 cm³/mol. The van der Waals surface area contributed by atoms with Crippen LogP contribution in [0.4, 0.5) is 0 Å². The van der Waals surface area contributed by atoms with Crippen molar-refractivity contribution in [3.8, 4) is 0 Å². The van der Waals surface area contributed by atoms with E-state index in [0.717, 1.165) is 17.9 Å². The summed E-state index contributed by atoms with van der Waals surface area (Å²) in [5.74, 6) is 1.94. The van der Waals surface area contributed by atoms with Gasteiger partial charge in [0.1, 0.15) is 0 Å². The molecule has 0 radical (unpaired) electrons. The largest absolute Gasteiger partial charge is 0.303 e. The second-order valence-corrected chi connectivity index (χ2v) is 4.49. The van der Waals surface area contributed by atoms with Gasteiger partial charge in [-0.05, 0) is 38.3 Å². The summed E-state index contributed by atoms with van der Waals surface area (Å²) in [4.78, 5) is 2.57. The molecule has 0 aromatic carbocycles. The number of likely N-dealkylation sites (tertiary alicyclic amines) is 1. The van der Waals surface area contributed by atoms with Crippen molar-refractivity contribution < 1.29 is 0 Å². The molecule has 1 rings (SSSR count). The number of nitrogens with zero attached hydrogens (tertiary/aromatic N) is 1. The lowest BCUT2D eigenvalue weighted by molar-refractivity contribution is 0.0615. The zero-order chi connectivity index (χ0) is 9.84. The molecule has 13 heavy (non-hydrogen) atoms. The lowest BCUT2D eigenvalue weighted by Crippen LogP contribution is -2.46. The van der Waals surface area contributed by atoms with Crippen molar-refractivity contribution in [2.24, 2.45) is 11.8 Å². The molecule has 1 fully saturated rings. The normalized spacial score (nSPS) is 36.5. The first kappa shape index (κ1) is 11.0. The minimum Gasteiger partial charge on any atom is -0.303 e. The van der Waals surface area contributed by atoms with Crippen LogP contribution in [-0.2, 0) is 0 Å². The lowest BCUT2D eigenvalue weighted by atomic mass is 9.76. The molecule has 0 saturated carbocycles. The fourth-order valence-electron chi connectivity index (χ4n) is 3.12. The Morgan fingerprint density at radius 2 is 1.77 bits per heavy atom. The maximum absolute atomic E-state index is 2.57. The Morgan fingerprint density at radius 1 is 1.08 bits per heavy atom. The van der Waals surface area contributed by atoms with Gasteiger partial charge in [0, 0.05) is 6.04 Å². The molecule has 0 bridgehead atoms. The highest BCUT2D eigenvalue weighted by Crippen LogP contribution is 2.34. The molecule has 1 aliphatic rings. The summed E-state index contributed by atoms with van der Waals surface area (Å²) in [6.07, 6.45) is 5.48. The molecule has 0 aromatic heterocycles. The predicted octanol–water partition coefficient (Wildman–Crippen LogP) is 3.15. The van der Waals surface area contributed by atoms with Crippen LogP contribution in [0, 0.1) is 11.8 Å². The number of hydrogen-bond donors (Lipinski definition) is 0. The molecule has 0 N–H and O–H groups in total. The Morgan fingerprint density at radius 3 is 2.23 bits per heavy atom.